The van der Waals surface area contributed by atoms with Gasteiger partial charge in [-0.2, -0.15) is 4.39 Å². The van der Waals surface area contributed by atoms with E-state index >= 15 is 0 Å². The Bertz CT molecular complexity index is 313. The third-order valence-corrected chi connectivity index (χ3v) is 1.07. The molecule has 1 rings (SSSR count). The first-order valence-corrected chi connectivity index (χ1v) is 3.29. The molecule has 0 atom stereocenters. The predicted molar refractivity (Wildman–Crippen MR) is 39.4 cm³/mol. The number of pyridine rings is 1. The molecule has 10 heteroatoms. The maximum Gasteiger partial charge on any atom is 1.00 e. The number of hydrogen-bond donors (Lipinski definition) is 2. The maximum absolute atomic E-state index is 12.4. The average Bonchev–Trinajstić information content (AvgIpc) is 2.03. The fourth-order valence-electron chi connectivity index (χ4n) is 0.591. The molecule has 0 unspecified atom stereocenters. The second-order valence-electron chi connectivity index (χ2n) is 2.01. The summed E-state index contributed by atoms with van der Waals surface area (Å²) in [5.41, 5.74) is -0.206. The summed E-state index contributed by atoms with van der Waals surface area (Å²) in [6.45, 7) is 0. The van der Waals surface area contributed by atoms with Crippen molar-refractivity contribution in [2.24, 2.45) is 0 Å². The topological polar surface area (TPSA) is 117 Å². The minimum atomic E-state index is -2.33. The molecule has 0 saturated carbocycles. The third-order valence-electron chi connectivity index (χ3n) is 1.07. The van der Waals surface area contributed by atoms with Crippen LogP contribution in [0.15, 0.2) is 18.3 Å². The van der Waals surface area contributed by atoms with E-state index in [9.17, 15) is 4.39 Å². The monoisotopic (exact) mass is 279 g/mol. The van der Waals surface area contributed by atoms with Crippen LogP contribution in [0, 0.1) is 5.95 Å². The van der Waals surface area contributed by atoms with Gasteiger partial charge in [0.15, 0.2) is 0 Å². The van der Waals surface area contributed by atoms with Gasteiger partial charge in [-0.25, -0.2) is 4.98 Å². The van der Waals surface area contributed by atoms with Crippen LogP contribution in [0.1, 0.15) is 0 Å². The number of carboxylic acid groups (broad SMARTS) is 2. The van der Waals surface area contributed by atoms with Crippen LogP contribution >= 0.6 is 0 Å². The van der Waals surface area contributed by atoms with Gasteiger partial charge in [-0.3, -0.25) is 0 Å². The molecule has 0 aliphatic rings. The van der Waals surface area contributed by atoms with Gasteiger partial charge in [-0.1, -0.05) is 6.07 Å². The van der Waals surface area contributed by atoms with Crippen LogP contribution in [0.3, 0.4) is 0 Å². The molecule has 1 heterocycles. The van der Waals surface area contributed by atoms with E-state index in [-0.39, 0.29) is 108 Å². The first kappa shape index (κ1) is 22.8. The summed E-state index contributed by atoms with van der Waals surface area (Å²) in [5.74, 6) is -0.850. The van der Waals surface area contributed by atoms with Gasteiger partial charge in [-0.05, 0) is 12.2 Å². The minimum absolute atomic E-state index is 0. The Hall–Kier alpha value is 1.61. The quantitative estimate of drug-likeness (QED) is 0.389. The molecule has 0 aliphatic heterocycles. The molecule has 16 heavy (non-hydrogen) atoms. The van der Waals surface area contributed by atoms with E-state index < -0.39 is 19.2 Å². The van der Waals surface area contributed by atoms with E-state index in [2.05, 4.69) is 4.98 Å². The molecule has 0 radical (unpaired) electrons. The van der Waals surface area contributed by atoms with Gasteiger partial charge in [0.25, 0.3) is 0 Å². The smallest absolute Gasteiger partial charge is 0.652 e. The van der Waals surface area contributed by atoms with Crippen molar-refractivity contribution in [1.29, 1.82) is 0 Å². The van der Waals surface area contributed by atoms with Crippen LogP contribution in [0.5, 0.6) is 0 Å². The predicted octanol–water partition coefficient (Wildman–Crippen LogP) is -9.54. The van der Waals surface area contributed by atoms with Gasteiger partial charge < -0.3 is 25.1 Å². The molecular weight excluding hydrogens is 274 g/mol. The normalized spacial score (nSPS) is 7.44. The number of carbonyl (C=O) groups is 1. The van der Waals surface area contributed by atoms with Gasteiger partial charge in [-0.15, -0.1) is 0 Å². The van der Waals surface area contributed by atoms with Gasteiger partial charge >= 0.3 is 110 Å². The molecule has 0 amide bonds. The first-order chi connectivity index (χ1) is 6.45. The largest absolute Gasteiger partial charge is 1.00 e. The molecule has 1 aromatic rings. The maximum atomic E-state index is 12.4. The molecule has 0 bridgehead atoms. The Balaban J connectivity index is -0.000000249. The average molecular weight is 279 g/mol. The summed E-state index contributed by atoms with van der Waals surface area (Å²) in [4.78, 5) is 11.5. The molecule has 0 aromatic carbocycles. The molecule has 2 N–H and O–H groups in total. The zero-order chi connectivity index (χ0) is 11.1. The van der Waals surface area contributed by atoms with Crippen molar-refractivity contribution in [2.75, 3.05) is 0 Å². The van der Waals surface area contributed by atoms with E-state index in [1.807, 2.05) is 0 Å². The van der Waals surface area contributed by atoms with Crippen molar-refractivity contribution >= 4 is 18.7 Å². The molecule has 1 aromatic heterocycles. The summed E-state index contributed by atoms with van der Waals surface area (Å²) >= 11 is 0. The number of aromatic nitrogens is 1. The van der Waals surface area contributed by atoms with Crippen LogP contribution in [0.4, 0.5) is 9.18 Å². The fraction of sp³-hybridized carbons (Fsp3) is 0. The van der Waals surface area contributed by atoms with E-state index in [1.165, 1.54) is 18.3 Å². The van der Waals surface area contributed by atoms with Crippen molar-refractivity contribution in [3.63, 3.8) is 0 Å². The van der Waals surface area contributed by atoms with Crippen molar-refractivity contribution in [3.8, 4) is 0 Å². The Kier molecular flexibility index (Phi) is 18.6. The molecule has 76 valence electrons. The van der Waals surface area contributed by atoms with E-state index in [0.717, 1.165) is 0 Å². The molecular formula is C6H5BFK2NO5. The van der Waals surface area contributed by atoms with Gasteiger partial charge in [0.1, 0.15) is 0 Å². The Morgan fingerprint density at radius 3 is 2.06 bits per heavy atom. The van der Waals surface area contributed by atoms with Crippen molar-refractivity contribution in [2.45, 2.75) is 0 Å². The molecule has 6 nitrogen and oxygen atoms in total. The van der Waals surface area contributed by atoms with Gasteiger partial charge in [0.2, 0.25) is 5.95 Å². The van der Waals surface area contributed by atoms with Gasteiger partial charge in [0.05, 0.1) is 0 Å². The summed E-state index contributed by atoms with van der Waals surface area (Å²) < 4.78 is 12.4. The number of carbonyl (C=O) groups excluding carboxylic acids is 1. The summed E-state index contributed by atoms with van der Waals surface area (Å²) in [6, 6.07) is 2.69. The van der Waals surface area contributed by atoms with Crippen LogP contribution in [0.2, 0.25) is 0 Å². The molecule has 0 fully saturated rings. The summed E-state index contributed by atoms with van der Waals surface area (Å²) in [6.07, 6.45) is -1.10. The Morgan fingerprint density at radius 2 is 1.81 bits per heavy atom. The first-order valence-electron chi connectivity index (χ1n) is 3.29. The van der Waals surface area contributed by atoms with Crippen LogP contribution in [0.25, 0.3) is 0 Å². The van der Waals surface area contributed by atoms with Gasteiger partial charge in [0, 0.05) is 11.7 Å². The SMILES string of the molecule is O=C([O-])[O-].OB(O)c1cccnc1F.[K+].[K+]. The van der Waals surface area contributed by atoms with Crippen LogP contribution in [-0.4, -0.2) is 28.3 Å². The van der Waals surface area contributed by atoms with E-state index in [1.54, 1.807) is 0 Å². The minimum Gasteiger partial charge on any atom is -0.652 e. The summed E-state index contributed by atoms with van der Waals surface area (Å²) in [5, 5.41) is 33.6. The van der Waals surface area contributed by atoms with Crippen LogP contribution < -0.4 is 118 Å². The van der Waals surface area contributed by atoms with E-state index in [4.69, 9.17) is 25.1 Å². The zero-order valence-electron chi connectivity index (χ0n) is 8.75. The Morgan fingerprint density at radius 1 is 1.38 bits per heavy atom. The van der Waals surface area contributed by atoms with E-state index in [0.29, 0.717) is 0 Å². The number of halogens is 1. The van der Waals surface area contributed by atoms with Crippen molar-refractivity contribution in [3.05, 3.63) is 24.3 Å². The molecule has 0 spiro atoms. The fourth-order valence-corrected chi connectivity index (χ4v) is 0.591. The Labute approximate surface area is 176 Å². The second-order valence-corrected chi connectivity index (χ2v) is 2.01. The number of rotatable bonds is 1. The van der Waals surface area contributed by atoms with Crippen LogP contribution in [-0.2, 0) is 0 Å². The molecule has 0 aliphatic carbocycles. The number of hydrogen-bond acceptors (Lipinski definition) is 6. The van der Waals surface area contributed by atoms with Crippen molar-refractivity contribution < 1.29 is 132 Å². The third kappa shape index (κ3) is 12.1. The summed E-state index contributed by atoms with van der Waals surface area (Å²) in [7, 11) is -1.78. The zero-order valence-corrected chi connectivity index (χ0v) is 15.0. The second kappa shape index (κ2) is 13.0. The standard InChI is InChI=1S/C5H5BFNO2.CH2O3.2K/c7-5-4(6(9)10)2-1-3-8-5;2-1(3)4;;/h1-3,9-10H;(H2,2,3,4);;/q;;2*+1/p-2. The molecule has 0 saturated heterocycles. The number of nitrogens with zero attached hydrogens (tertiary/aromatic N) is 1. The van der Waals surface area contributed by atoms with Crippen molar-refractivity contribution in [1.82, 2.24) is 4.98 Å².